The number of fused-ring (bicyclic) bond motifs is 2. The van der Waals surface area contributed by atoms with Gasteiger partial charge in [0.25, 0.3) is 0 Å². The molecule has 0 saturated carbocycles. The highest BCUT2D eigenvalue weighted by atomic mass is 35.5. The minimum Gasteiger partial charge on any atom is -0.253 e. The summed E-state index contributed by atoms with van der Waals surface area (Å²) in [4.78, 5) is 9.78. The summed E-state index contributed by atoms with van der Waals surface area (Å²) in [7, 11) is 0. The topological polar surface area (TPSA) is 25.8 Å². The lowest BCUT2D eigenvalue weighted by Crippen LogP contribution is -2.09. The highest BCUT2D eigenvalue weighted by Crippen LogP contribution is 2.27. The zero-order valence-electron chi connectivity index (χ0n) is 16.8. The second-order valence-electron chi connectivity index (χ2n) is 7.80. The molecule has 3 aromatic carbocycles. The van der Waals surface area contributed by atoms with Gasteiger partial charge >= 0.3 is 0 Å². The van der Waals surface area contributed by atoms with Gasteiger partial charge in [-0.15, -0.1) is 0 Å². The molecule has 0 unspecified atom stereocenters. The fourth-order valence-corrected chi connectivity index (χ4v) is 4.40. The summed E-state index contributed by atoms with van der Waals surface area (Å²) in [6, 6.07) is 30.7. The molecule has 2 nitrogen and oxygen atoms in total. The van der Waals surface area contributed by atoms with Gasteiger partial charge in [0.2, 0.25) is 0 Å². The third-order valence-corrected chi connectivity index (χ3v) is 6.07. The van der Waals surface area contributed by atoms with E-state index < -0.39 is 0 Å². The SMILES string of the molecule is Clc1ccc2nc(CC(Cc3ccc4cc(Cl)ccc4n3)c3ccccc3)ccc2c1. The third-order valence-electron chi connectivity index (χ3n) is 5.60. The van der Waals surface area contributed by atoms with E-state index in [1.54, 1.807) is 0 Å². The maximum atomic E-state index is 6.12. The first-order valence-electron chi connectivity index (χ1n) is 10.3. The second-order valence-corrected chi connectivity index (χ2v) is 8.67. The van der Waals surface area contributed by atoms with Gasteiger partial charge in [0, 0.05) is 32.2 Å². The fourth-order valence-electron chi connectivity index (χ4n) is 4.04. The van der Waals surface area contributed by atoms with Crippen molar-refractivity contribution in [2.24, 2.45) is 0 Å². The molecule has 2 heterocycles. The highest BCUT2D eigenvalue weighted by molar-refractivity contribution is 6.31. The Morgan fingerprint density at radius 2 is 1.10 bits per heavy atom. The number of rotatable bonds is 5. The van der Waals surface area contributed by atoms with Crippen LogP contribution in [-0.4, -0.2) is 9.97 Å². The summed E-state index contributed by atoms with van der Waals surface area (Å²) >= 11 is 12.2. The van der Waals surface area contributed by atoms with Crippen molar-refractivity contribution in [2.45, 2.75) is 18.8 Å². The zero-order chi connectivity index (χ0) is 21.2. The van der Waals surface area contributed by atoms with E-state index in [0.717, 1.165) is 56.1 Å². The zero-order valence-corrected chi connectivity index (χ0v) is 18.3. The number of aromatic nitrogens is 2. The Morgan fingerprint density at radius 1 is 0.581 bits per heavy atom. The Kier molecular flexibility index (Phi) is 5.59. The van der Waals surface area contributed by atoms with Gasteiger partial charge in [0.15, 0.2) is 0 Å². The molecule has 0 fully saturated rings. The van der Waals surface area contributed by atoms with Gasteiger partial charge in [0.05, 0.1) is 11.0 Å². The quantitative estimate of drug-likeness (QED) is 0.279. The van der Waals surface area contributed by atoms with E-state index in [4.69, 9.17) is 33.2 Å². The summed E-state index contributed by atoms with van der Waals surface area (Å²) in [6.07, 6.45) is 1.67. The van der Waals surface area contributed by atoms with Crippen LogP contribution < -0.4 is 0 Å². The summed E-state index contributed by atoms with van der Waals surface area (Å²) in [6.45, 7) is 0. The maximum Gasteiger partial charge on any atom is 0.0706 e. The first-order chi connectivity index (χ1) is 15.1. The Bertz CT molecular complexity index is 1280. The van der Waals surface area contributed by atoms with E-state index in [-0.39, 0.29) is 5.92 Å². The number of nitrogens with zero attached hydrogens (tertiary/aromatic N) is 2. The molecule has 2 aromatic heterocycles. The molecule has 5 aromatic rings. The van der Waals surface area contributed by atoms with Crippen molar-refractivity contribution in [3.05, 3.63) is 118 Å². The molecule has 0 aliphatic heterocycles. The first-order valence-corrected chi connectivity index (χ1v) is 11.0. The Hall–Kier alpha value is -2.94. The highest BCUT2D eigenvalue weighted by Gasteiger charge is 2.16. The van der Waals surface area contributed by atoms with Gasteiger partial charge in [0.1, 0.15) is 0 Å². The molecule has 4 heteroatoms. The smallest absolute Gasteiger partial charge is 0.0706 e. The Balaban J connectivity index is 1.47. The van der Waals surface area contributed by atoms with Crippen molar-refractivity contribution in [1.82, 2.24) is 9.97 Å². The maximum absolute atomic E-state index is 6.12. The molecule has 152 valence electrons. The van der Waals surface area contributed by atoms with Crippen LogP contribution in [0.15, 0.2) is 91.0 Å². The molecule has 0 amide bonds. The minimum atomic E-state index is 0.274. The lowest BCUT2D eigenvalue weighted by molar-refractivity contribution is 0.660. The average molecular weight is 443 g/mol. The lowest BCUT2D eigenvalue weighted by atomic mass is 9.89. The normalized spacial score (nSPS) is 11.5. The van der Waals surface area contributed by atoms with E-state index in [9.17, 15) is 0 Å². The van der Waals surface area contributed by atoms with Crippen LogP contribution in [0.2, 0.25) is 10.0 Å². The molecule has 0 spiro atoms. The van der Waals surface area contributed by atoms with E-state index in [2.05, 4.69) is 54.6 Å². The summed E-state index contributed by atoms with van der Waals surface area (Å²) in [5.74, 6) is 0.274. The molecule has 5 rings (SSSR count). The predicted molar refractivity (Wildman–Crippen MR) is 130 cm³/mol. The Morgan fingerprint density at radius 3 is 1.61 bits per heavy atom. The first kappa shape index (κ1) is 20.0. The number of hydrogen-bond acceptors (Lipinski definition) is 2. The van der Waals surface area contributed by atoms with Crippen molar-refractivity contribution in [3.63, 3.8) is 0 Å². The van der Waals surface area contributed by atoms with Gasteiger partial charge < -0.3 is 0 Å². The number of benzene rings is 3. The van der Waals surface area contributed by atoms with Crippen LogP contribution in [0.5, 0.6) is 0 Å². The van der Waals surface area contributed by atoms with Crippen LogP contribution in [0.4, 0.5) is 0 Å². The van der Waals surface area contributed by atoms with Crippen molar-refractivity contribution in [1.29, 1.82) is 0 Å². The van der Waals surface area contributed by atoms with Crippen molar-refractivity contribution in [2.75, 3.05) is 0 Å². The molecular weight excluding hydrogens is 423 g/mol. The number of hydrogen-bond donors (Lipinski definition) is 0. The van der Waals surface area contributed by atoms with Crippen molar-refractivity contribution < 1.29 is 0 Å². The molecule has 31 heavy (non-hydrogen) atoms. The van der Waals surface area contributed by atoms with Gasteiger partial charge in [-0.1, -0.05) is 65.7 Å². The molecule has 0 saturated heterocycles. The second kappa shape index (κ2) is 8.66. The van der Waals surface area contributed by atoms with Gasteiger partial charge in [-0.3, -0.25) is 9.97 Å². The van der Waals surface area contributed by atoms with E-state index in [1.165, 1.54) is 5.56 Å². The monoisotopic (exact) mass is 442 g/mol. The fraction of sp³-hybridized carbons (Fsp3) is 0.111. The molecule has 0 radical (unpaired) electrons. The third kappa shape index (κ3) is 4.56. The molecule has 0 aliphatic carbocycles. The number of halogens is 2. The van der Waals surface area contributed by atoms with Crippen LogP contribution in [0.25, 0.3) is 21.8 Å². The summed E-state index contributed by atoms with van der Waals surface area (Å²) < 4.78 is 0. The van der Waals surface area contributed by atoms with Crippen molar-refractivity contribution >= 4 is 45.0 Å². The molecular formula is C27H20Cl2N2. The van der Waals surface area contributed by atoms with Crippen LogP contribution >= 0.6 is 23.2 Å². The van der Waals surface area contributed by atoms with E-state index in [1.807, 2.05) is 36.4 Å². The van der Waals surface area contributed by atoms with E-state index in [0.29, 0.717) is 0 Å². The predicted octanol–water partition coefficient (Wildman–Crippen LogP) is 7.66. The van der Waals surface area contributed by atoms with E-state index >= 15 is 0 Å². The molecule has 0 N–H and O–H groups in total. The Labute approximate surface area is 191 Å². The van der Waals surface area contributed by atoms with Crippen LogP contribution in [-0.2, 0) is 12.8 Å². The van der Waals surface area contributed by atoms with Gasteiger partial charge in [-0.05, 0) is 72.9 Å². The summed E-state index contributed by atoms with van der Waals surface area (Å²) in [5, 5.41) is 3.57. The van der Waals surface area contributed by atoms with Gasteiger partial charge in [-0.2, -0.15) is 0 Å². The van der Waals surface area contributed by atoms with Crippen molar-refractivity contribution in [3.8, 4) is 0 Å². The molecule has 0 aliphatic rings. The van der Waals surface area contributed by atoms with Crippen LogP contribution in [0, 0.1) is 0 Å². The minimum absolute atomic E-state index is 0.274. The molecule has 0 atom stereocenters. The largest absolute Gasteiger partial charge is 0.253 e. The van der Waals surface area contributed by atoms with Gasteiger partial charge in [-0.25, -0.2) is 0 Å². The van der Waals surface area contributed by atoms with Crippen LogP contribution in [0.1, 0.15) is 22.9 Å². The summed E-state index contributed by atoms with van der Waals surface area (Å²) in [5.41, 5.74) is 5.36. The standard InChI is InChI=1S/C27H20Cl2N2/c28-22-8-12-26-19(14-22)6-10-24(30-26)16-21(18-4-2-1-3-5-18)17-25-11-7-20-15-23(29)9-13-27(20)31-25/h1-15,21H,16-17H2. The lowest BCUT2D eigenvalue weighted by Gasteiger charge is -2.18. The number of pyridine rings is 2. The molecule has 0 bridgehead atoms. The van der Waals surface area contributed by atoms with Crippen LogP contribution in [0.3, 0.4) is 0 Å². The average Bonchev–Trinajstić information content (AvgIpc) is 2.79.